The van der Waals surface area contributed by atoms with Crippen LogP contribution in [-0.2, 0) is 24.7 Å². The number of carbonyl (C=O) groups excluding carboxylic acids is 1. The maximum Gasteiger partial charge on any atom is 1.00 e. The molecule has 0 aliphatic carbocycles. The number of carboxylic acids is 1. The predicted octanol–water partition coefficient (Wildman–Crippen LogP) is -3.08. The predicted molar refractivity (Wildman–Crippen MR) is 103 cm³/mol. The standard InChI is InChI=1S/C12H12O2.C7H12O2.2Na.H2O4S/c1-10(12(13)14)6-5-9-11-7-3-2-4-8-11;1-3-5-6-9-7(8)4-2;;;1-5(2,3)4/h2-5,7-9H,1,6H2,(H,13,14);4H,2-3,5-6H2,1H3;;;(H2,1,2,3,4)/q;;2*+1;/p-2. The maximum atomic E-state index is 10.4. The third kappa shape index (κ3) is 31.9. The molecule has 0 aliphatic heterocycles. The van der Waals surface area contributed by atoms with Crippen molar-refractivity contribution < 1.29 is 96.1 Å². The molecule has 0 saturated carbocycles. The van der Waals surface area contributed by atoms with Gasteiger partial charge in [0.05, 0.1) is 6.61 Å². The van der Waals surface area contributed by atoms with Crippen molar-refractivity contribution in [2.24, 2.45) is 0 Å². The molecule has 8 nitrogen and oxygen atoms in total. The van der Waals surface area contributed by atoms with Crippen LogP contribution in [0.4, 0.5) is 0 Å². The van der Waals surface area contributed by atoms with Gasteiger partial charge in [0.15, 0.2) is 0 Å². The van der Waals surface area contributed by atoms with Gasteiger partial charge in [0.1, 0.15) is 0 Å². The van der Waals surface area contributed by atoms with Crippen LogP contribution in [-0.4, -0.2) is 41.2 Å². The molecule has 1 rings (SSSR count). The molecule has 0 bridgehead atoms. The van der Waals surface area contributed by atoms with Crippen LogP contribution in [0.25, 0.3) is 6.08 Å². The normalized spacial score (nSPS) is 9.30. The van der Waals surface area contributed by atoms with Gasteiger partial charge < -0.3 is 18.9 Å². The van der Waals surface area contributed by atoms with Crippen LogP contribution >= 0.6 is 0 Å². The minimum atomic E-state index is -5.17. The first-order valence-corrected chi connectivity index (χ1v) is 9.43. The number of allylic oxidation sites excluding steroid dienone is 1. The average Bonchev–Trinajstić information content (AvgIpc) is 2.61. The van der Waals surface area contributed by atoms with E-state index in [1.54, 1.807) is 6.08 Å². The van der Waals surface area contributed by atoms with Gasteiger partial charge in [0.25, 0.3) is 0 Å². The van der Waals surface area contributed by atoms with Crippen LogP contribution < -0.4 is 59.1 Å². The number of carboxylic acid groups (broad SMARTS) is 1. The minimum absolute atomic E-state index is 0. The van der Waals surface area contributed by atoms with Gasteiger partial charge in [0.2, 0.25) is 0 Å². The third-order valence-corrected chi connectivity index (χ3v) is 2.69. The first kappa shape index (κ1) is 36.6. The summed E-state index contributed by atoms with van der Waals surface area (Å²) >= 11 is 0. The Labute approximate surface area is 222 Å². The Morgan fingerprint density at radius 3 is 2.07 bits per heavy atom. The molecule has 0 amide bonds. The molecule has 1 aromatic rings. The minimum Gasteiger partial charge on any atom is -0.759 e. The van der Waals surface area contributed by atoms with Crippen LogP contribution in [0.15, 0.2) is 61.2 Å². The molecule has 30 heavy (non-hydrogen) atoms. The molecule has 1 aromatic carbocycles. The molecule has 0 atom stereocenters. The topological polar surface area (TPSA) is 144 Å². The van der Waals surface area contributed by atoms with E-state index in [0.717, 1.165) is 18.4 Å². The third-order valence-electron chi connectivity index (χ3n) is 2.69. The van der Waals surface area contributed by atoms with Crippen molar-refractivity contribution in [2.45, 2.75) is 26.2 Å². The van der Waals surface area contributed by atoms with Crippen molar-refractivity contribution in [3.63, 3.8) is 0 Å². The first-order chi connectivity index (χ1) is 13.0. The summed E-state index contributed by atoms with van der Waals surface area (Å²) in [5, 5.41) is 8.55. The Morgan fingerprint density at radius 2 is 1.67 bits per heavy atom. The largest absolute Gasteiger partial charge is 1.00 e. The Morgan fingerprint density at radius 1 is 1.17 bits per heavy atom. The monoisotopic (exact) mass is 458 g/mol. The van der Waals surface area contributed by atoms with Gasteiger partial charge in [0, 0.05) is 22.0 Å². The molecule has 0 aromatic heterocycles. The van der Waals surface area contributed by atoms with Gasteiger partial charge in [-0.15, -0.1) is 0 Å². The fraction of sp³-hybridized carbons (Fsp3) is 0.263. The smallest absolute Gasteiger partial charge is 0.759 e. The van der Waals surface area contributed by atoms with E-state index in [-0.39, 0.29) is 70.7 Å². The van der Waals surface area contributed by atoms with Gasteiger partial charge in [-0.2, -0.15) is 0 Å². The maximum absolute atomic E-state index is 10.4. The molecule has 0 aliphatic rings. The molecule has 156 valence electrons. The number of hydrogen-bond acceptors (Lipinski definition) is 7. The van der Waals surface area contributed by atoms with Crippen molar-refractivity contribution in [1.29, 1.82) is 0 Å². The summed E-state index contributed by atoms with van der Waals surface area (Å²) in [6, 6.07) is 9.73. The van der Waals surface area contributed by atoms with E-state index in [2.05, 4.69) is 17.9 Å². The number of unbranched alkanes of at least 4 members (excludes halogenated alkanes) is 1. The van der Waals surface area contributed by atoms with E-state index in [0.29, 0.717) is 13.0 Å². The molecule has 0 saturated heterocycles. The number of hydrogen-bond donors (Lipinski definition) is 1. The fourth-order valence-electron chi connectivity index (χ4n) is 1.36. The van der Waals surface area contributed by atoms with Crippen LogP contribution in [0.5, 0.6) is 0 Å². The second-order valence-corrected chi connectivity index (χ2v) is 5.88. The van der Waals surface area contributed by atoms with Gasteiger partial charge in [-0.3, -0.25) is 8.42 Å². The van der Waals surface area contributed by atoms with Gasteiger partial charge in [-0.05, 0) is 18.4 Å². The van der Waals surface area contributed by atoms with Crippen LogP contribution in [0.2, 0.25) is 0 Å². The molecule has 0 unspecified atom stereocenters. The number of carbonyl (C=O) groups is 2. The van der Waals surface area contributed by atoms with Gasteiger partial charge >= 0.3 is 71.1 Å². The van der Waals surface area contributed by atoms with Crippen LogP contribution in [0.3, 0.4) is 0 Å². The Bertz CT molecular complexity index is 739. The van der Waals surface area contributed by atoms with Gasteiger partial charge in [-0.25, -0.2) is 9.59 Å². The second-order valence-electron chi connectivity index (χ2n) is 5.06. The Balaban J connectivity index is -0.000000184. The number of rotatable bonds is 8. The fourth-order valence-corrected chi connectivity index (χ4v) is 1.36. The van der Waals surface area contributed by atoms with Crippen LogP contribution in [0.1, 0.15) is 31.7 Å². The quantitative estimate of drug-likeness (QED) is 0.108. The average molecular weight is 458 g/mol. The van der Waals surface area contributed by atoms with E-state index >= 15 is 0 Å². The summed E-state index contributed by atoms with van der Waals surface area (Å²) in [7, 11) is -5.17. The molecule has 0 fully saturated rings. The van der Waals surface area contributed by atoms with E-state index in [1.807, 2.05) is 43.3 Å². The number of esters is 1. The number of ether oxygens (including phenoxy) is 1. The van der Waals surface area contributed by atoms with Gasteiger partial charge in [-0.1, -0.05) is 69.0 Å². The summed E-state index contributed by atoms with van der Waals surface area (Å²) in [5.41, 5.74) is 1.27. The zero-order valence-electron chi connectivity index (χ0n) is 17.6. The molecular formula is C19H24Na2O8S. The Kier molecular flexibility index (Phi) is 28.0. The summed E-state index contributed by atoms with van der Waals surface area (Å²) in [6.45, 7) is 9.26. The van der Waals surface area contributed by atoms with Crippen molar-refractivity contribution in [3.05, 3.63) is 66.8 Å². The van der Waals surface area contributed by atoms with Crippen molar-refractivity contribution in [3.8, 4) is 0 Å². The van der Waals surface area contributed by atoms with E-state index < -0.39 is 16.4 Å². The Hall–Kier alpha value is -0.750. The number of aliphatic carboxylic acids is 1. The van der Waals surface area contributed by atoms with E-state index in [1.165, 1.54) is 6.08 Å². The van der Waals surface area contributed by atoms with E-state index in [4.69, 9.17) is 22.6 Å². The first-order valence-electron chi connectivity index (χ1n) is 8.09. The van der Waals surface area contributed by atoms with Crippen LogP contribution in [0, 0.1) is 0 Å². The van der Waals surface area contributed by atoms with Crippen molar-refractivity contribution >= 4 is 28.4 Å². The second kappa shape index (κ2) is 22.9. The molecular weight excluding hydrogens is 434 g/mol. The molecule has 0 heterocycles. The number of benzene rings is 1. The SMILES string of the molecule is C=C(CC=Cc1ccccc1)C(=O)O.C=CC(=O)OCCCC.O=S(=O)([O-])[O-].[Na+].[Na+]. The van der Waals surface area contributed by atoms with E-state index in [9.17, 15) is 9.59 Å². The zero-order chi connectivity index (χ0) is 22.0. The zero-order valence-corrected chi connectivity index (χ0v) is 22.4. The van der Waals surface area contributed by atoms with Crippen molar-refractivity contribution in [2.75, 3.05) is 6.61 Å². The summed E-state index contributed by atoms with van der Waals surface area (Å²) in [6.07, 6.45) is 7.21. The molecule has 0 radical (unpaired) electrons. The summed E-state index contributed by atoms with van der Waals surface area (Å²) in [4.78, 5) is 20.8. The summed E-state index contributed by atoms with van der Waals surface area (Å²) in [5.74, 6) is -1.27. The molecule has 0 spiro atoms. The summed E-state index contributed by atoms with van der Waals surface area (Å²) < 4.78 is 38.8. The molecule has 1 N–H and O–H groups in total. The molecule has 11 heteroatoms. The van der Waals surface area contributed by atoms with Crippen molar-refractivity contribution in [1.82, 2.24) is 0 Å².